The van der Waals surface area contributed by atoms with E-state index in [9.17, 15) is 13.2 Å². The van der Waals surface area contributed by atoms with Crippen molar-refractivity contribution in [1.82, 2.24) is 14.5 Å². The van der Waals surface area contributed by atoms with Gasteiger partial charge in [-0.1, -0.05) is 42.5 Å². The molecular formula is C22H29N3O4S. The van der Waals surface area contributed by atoms with Crippen LogP contribution in [-0.4, -0.2) is 75.7 Å². The molecule has 0 atom stereocenters. The number of hydrogen-bond acceptors (Lipinski definition) is 5. The lowest BCUT2D eigenvalue weighted by Crippen LogP contribution is -2.48. The molecule has 8 heteroatoms. The summed E-state index contributed by atoms with van der Waals surface area (Å²) in [5.41, 5.74) is 1.54. The first-order chi connectivity index (χ1) is 14.5. The largest absolute Gasteiger partial charge is 0.496 e. The number of nitrogens with zero attached hydrogens (tertiary/aromatic N) is 2. The van der Waals surface area contributed by atoms with Gasteiger partial charge in [-0.15, -0.1) is 0 Å². The van der Waals surface area contributed by atoms with Gasteiger partial charge in [0.05, 0.1) is 18.4 Å². The summed E-state index contributed by atoms with van der Waals surface area (Å²) in [6.45, 7) is 2.79. The van der Waals surface area contributed by atoms with Crippen LogP contribution in [0.5, 0.6) is 5.75 Å². The van der Waals surface area contributed by atoms with Gasteiger partial charge in [-0.05, 0) is 24.1 Å². The molecule has 0 aliphatic carbocycles. The van der Waals surface area contributed by atoms with E-state index in [0.717, 1.165) is 5.56 Å². The van der Waals surface area contributed by atoms with Crippen LogP contribution in [0.3, 0.4) is 0 Å². The second kappa shape index (κ2) is 10.6. The average molecular weight is 432 g/mol. The fourth-order valence-corrected chi connectivity index (χ4v) is 4.94. The van der Waals surface area contributed by atoms with Gasteiger partial charge in [-0.2, -0.15) is 4.31 Å². The summed E-state index contributed by atoms with van der Waals surface area (Å²) in [5, 5.41) is 3.16. The van der Waals surface area contributed by atoms with Crippen LogP contribution >= 0.6 is 0 Å². The minimum atomic E-state index is -3.42. The second-order valence-corrected chi connectivity index (χ2v) is 9.28. The number of amides is 1. The van der Waals surface area contributed by atoms with Crippen LogP contribution in [0.1, 0.15) is 15.9 Å². The molecule has 0 bridgehead atoms. The van der Waals surface area contributed by atoms with Crippen molar-refractivity contribution in [3.8, 4) is 5.75 Å². The maximum Gasteiger partial charge on any atom is 0.257 e. The average Bonchev–Trinajstić information content (AvgIpc) is 2.80. The highest BCUT2D eigenvalue weighted by atomic mass is 32.2. The maximum absolute atomic E-state index is 13.3. The number of carbonyl (C=O) groups is 1. The van der Waals surface area contributed by atoms with Crippen molar-refractivity contribution in [3.63, 3.8) is 0 Å². The van der Waals surface area contributed by atoms with E-state index in [0.29, 0.717) is 50.5 Å². The van der Waals surface area contributed by atoms with E-state index >= 15 is 0 Å². The number of sulfonamides is 1. The number of ether oxygens (including phenoxy) is 1. The first-order valence-corrected chi connectivity index (χ1v) is 11.8. The summed E-state index contributed by atoms with van der Waals surface area (Å²) in [7, 11) is -1.90. The van der Waals surface area contributed by atoms with Gasteiger partial charge in [0.15, 0.2) is 0 Å². The minimum Gasteiger partial charge on any atom is -0.496 e. The summed E-state index contributed by atoms with van der Waals surface area (Å²) in [5.74, 6) is 0.166. The lowest BCUT2D eigenvalue weighted by molar-refractivity contribution is 0.0763. The standard InChI is InChI=1S/C22H29N3O4S/c1-29-21-10-6-5-9-20(21)22(26)24(14-11-19-7-3-2-4-8-19)17-18-30(27,28)25-15-12-23-13-16-25/h2-10,23H,11-18H2,1H3. The molecule has 1 aliphatic heterocycles. The van der Waals surface area contributed by atoms with Gasteiger partial charge in [0.2, 0.25) is 10.0 Å². The fourth-order valence-electron chi connectivity index (χ4n) is 3.49. The number of hydrogen-bond donors (Lipinski definition) is 1. The van der Waals surface area contributed by atoms with Crippen molar-refractivity contribution in [2.75, 3.05) is 52.1 Å². The molecule has 162 valence electrons. The first-order valence-electron chi connectivity index (χ1n) is 10.2. The predicted octanol–water partition coefficient (Wildman–Crippen LogP) is 1.62. The molecular weight excluding hydrogens is 402 g/mol. The van der Waals surface area contributed by atoms with Gasteiger partial charge in [0.1, 0.15) is 5.75 Å². The van der Waals surface area contributed by atoms with E-state index in [-0.39, 0.29) is 18.2 Å². The Labute approximate surface area is 178 Å². The van der Waals surface area contributed by atoms with Crippen molar-refractivity contribution >= 4 is 15.9 Å². The molecule has 1 N–H and O–H groups in total. The molecule has 0 aromatic heterocycles. The van der Waals surface area contributed by atoms with E-state index in [2.05, 4.69) is 5.32 Å². The number of piperazine rings is 1. The van der Waals surface area contributed by atoms with Crippen molar-refractivity contribution in [3.05, 3.63) is 65.7 Å². The van der Waals surface area contributed by atoms with Gasteiger partial charge in [0, 0.05) is 39.3 Å². The Hall–Kier alpha value is -2.42. The van der Waals surface area contributed by atoms with Crippen LogP contribution in [0.4, 0.5) is 0 Å². The number of nitrogens with one attached hydrogen (secondary N) is 1. The predicted molar refractivity (Wildman–Crippen MR) is 117 cm³/mol. The van der Waals surface area contributed by atoms with Crippen molar-refractivity contribution in [2.24, 2.45) is 0 Å². The Bertz CT molecular complexity index is 928. The zero-order valence-electron chi connectivity index (χ0n) is 17.3. The third kappa shape index (κ3) is 5.81. The van der Waals surface area contributed by atoms with Gasteiger partial charge < -0.3 is 15.0 Å². The number of benzene rings is 2. The fraction of sp³-hybridized carbons (Fsp3) is 0.409. The van der Waals surface area contributed by atoms with E-state index in [1.54, 1.807) is 29.2 Å². The quantitative estimate of drug-likeness (QED) is 0.653. The van der Waals surface area contributed by atoms with Crippen LogP contribution in [0.15, 0.2) is 54.6 Å². The molecule has 1 saturated heterocycles. The summed E-state index contributed by atoms with van der Waals surface area (Å²) < 4.78 is 32.4. The highest BCUT2D eigenvalue weighted by Crippen LogP contribution is 2.20. The number of rotatable bonds is 9. The van der Waals surface area contributed by atoms with Crippen LogP contribution in [0.2, 0.25) is 0 Å². The molecule has 1 amide bonds. The molecule has 0 radical (unpaired) electrons. The SMILES string of the molecule is COc1ccccc1C(=O)N(CCc1ccccc1)CCS(=O)(=O)N1CCNCC1. The minimum absolute atomic E-state index is 0.0946. The van der Waals surface area contributed by atoms with Crippen LogP contribution in [0, 0.1) is 0 Å². The number of carbonyl (C=O) groups excluding carboxylic acids is 1. The van der Waals surface area contributed by atoms with Gasteiger partial charge >= 0.3 is 0 Å². The third-order valence-corrected chi connectivity index (χ3v) is 7.08. The normalized spacial score (nSPS) is 15.0. The molecule has 1 fully saturated rings. The molecule has 30 heavy (non-hydrogen) atoms. The lowest BCUT2D eigenvalue weighted by Gasteiger charge is -2.29. The summed E-state index contributed by atoms with van der Waals surface area (Å²) in [6, 6.07) is 16.9. The Balaban J connectivity index is 1.75. The smallest absolute Gasteiger partial charge is 0.257 e. The molecule has 7 nitrogen and oxygen atoms in total. The Morgan fingerprint density at radius 1 is 1.03 bits per heavy atom. The molecule has 1 aliphatic rings. The Morgan fingerprint density at radius 3 is 2.40 bits per heavy atom. The number of para-hydroxylation sites is 1. The monoisotopic (exact) mass is 431 g/mol. The topological polar surface area (TPSA) is 79.0 Å². The Morgan fingerprint density at radius 2 is 1.70 bits per heavy atom. The van der Waals surface area contributed by atoms with Crippen molar-refractivity contribution in [1.29, 1.82) is 0 Å². The van der Waals surface area contributed by atoms with E-state index in [4.69, 9.17) is 4.74 Å². The molecule has 0 unspecified atom stereocenters. The molecule has 1 heterocycles. The molecule has 2 aromatic carbocycles. The highest BCUT2D eigenvalue weighted by molar-refractivity contribution is 7.89. The van der Waals surface area contributed by atoms with Crippen LogP contribution < -0.4 is 10.1 Å². The van der Waals surface area contributed by atoms with Crippen molar-refractivity contribution < 1.29 is 17.9 Å². The molecule has 0 saturated carbocycles. The molecule has 3 rings (SSSR count). The Kier molecular flexibility index (Phi) is 7.84. The summed E-state index contributed by atoms with van der Waals surface area (Å²) >= 11 is 0. The second-order valence-electron chi connectivity index (χ2n) is 7.19. The lowest BCUT2D eigenvalue weighted by atomic mass is 10.1. The number of methoxy groups -OCH3 is 1. The zero-order chi connectivity index (χ0) is 21.4. The zero-order valence-corrected chi connectivity index (χ0v) is 18.1. The van der Waals surface area contributed by atoms with Crippen molar-refractivity contribution in [2.45, 2.75) is 6.42 Å². The van der Waals surface area contributed by atoms with Gasteiger partial charge in [0.25, 0.3) is 5.91 Å². The van der Waals surface area contributed by atoms with E-state index in [1.807, 2.05) is 30.3 Å². The maximum atomic E-state index is 13.3. The highest BCUT2D eigenvalue weighted by Gasteiger charge is 2.26. The molecule has 2 aromatic rings. The summed E-state index contributed by atoms with van der Waals surface area (Å²) in [4.78, 5) is 14.9. The van der Waals surface area contributed by atoms with Gasteiger partial charge in [-0.3, -0.25) is 4.79 Å². The third-order valence-electron chi connectivity index (χ3n) is 5.23. The van der Waals surface area contributed by atoms with Crippen LogP contribution in [-0.2, 0) is 16.4 Å². The summed E-state index contributed by atoms with van der Waals surface area (Å²) in [6.07, 6.45) is 0.648. The molecule has 0 spiro atoms. The van der Waals surface area contributed by atoms with Gasteiger partial charge in [-0.25, -0.2) is 8.42 Å². The first kappa shape index (κ1) is 22.3. The van der Waals surface area contributed by atoms with E-state index in [1.165, 1.54) is 11.4 Å². The van der Waals surface area contributed by atoms with Crippen LogP contribution in [0.25, 0.3) is 0 Å². The van der Waals surface area contributed by atoms with E-state index < -0.39 is 10.0 Å².